The van der Waals surface area contributed by atoms with E-state index in [1.165, 1.54) is 19.1 Å². The fourth-order valence-electron chi connectivity index (χ4n) is 1.18. The Morgan fingerprint density at radius 2 is 2.06 bits per heavy atom. The Balaban J connectivity index is 3.07. The lowest BCUT2D eigenvalue weighted by atomic mass is 10.2. The molecule has 5 nitrogen and oxygen atoms in total. The first-order valence-electron chi connectivity index (χ1n) is 5.00. The smallest absolute Gasteiger partial charge is 0.344 e. The van der Waals surface area contributed by atoms with Gasteiger partial charge in [-0.05, 0) is 25.1 Å². The molecule has 1 rings (SSSR count). The molecule has 1 aromatic rings. The highest BCUT2D eigenvalue weighted by molar-refractivity contribution is 6.32. The molecule has 0 aliphatic heterocycles. The summed E-state index contributed by atoms with van der Waals surface area (Å²) in [5, 5.41) is 17.6. The average molecular weight is 271 g/mol. The molecular formula is C12H11ClO5. The topological polar surface area (TPSA) is 83.8 Å². The highest BCUT2D eigenvalue weighted by Gasteiger charge is 2.15. The summed E-state index contributed by atoms with van der Waals surface area (Å²) in [4.78, 5) is 21.2. The fraction of sp³-hybridized carbons (Fsp3) is 0.167. The number of carbonyl (C=O) groups is 2. The minimum absolute atomic E-state index is 0.218. The van der Waals surface area contributed by atoms with Crippen LogP contribution in [-0.4, -0.2) is 28.3 Å². The van der Waals surface area contributed by atoms with Crippen LogP contribution in [0.25, 0.3) is 6.08 Å². The second-order valence-electron chi connectivity index (χ2n) is 3.42. The van der Waals surface area contributed by atoms with Crippen LogP contribution < -0.4 is 4.74 Å². The zero-order chi connectivity index (χ0) is 13.7. The van der Waals surface area contributed by atoms with E-state index < -0.39 is 18.0 Å². The van der Waals surface area contributed by atoms with Gasteiger partial charge in [-0.25, -0.2) is 9.59 Å². The van der Waals surface area contributed by atoms with Crippen molar-refractivity contribution >= 4 is 29.6 Å². The zero-order valence-electron chi connectivity index (χ0n) is 9.46. The van der Waals surface area contributed by atoms with E-state index in [2.05, 4.69) is 0 Å². The quantitative estimate of drug-likeness (QED) is 0.802. The molecule has 2 N–H and O–H groups in total. The molecule has 0 saturated carbocycles. The third-order valence-electron chi connectivity index (χ3n) is 2.06. The normalized spacial score (nSPS) is 12.3. The maximum absolute atomic E-state index is 10.7. The molecule has 6 heteroatoms. The van der Waals surface area contributed by atoms with Crippen LogP contribution in [0.1, 0.15) is 12.5 Å². The van der Waals surface area contributed by atoms with Crippen LogP contribution in [0.15, 0.2) is 24.3 Å². The van der Waals surface area contributed by atoms with Gasteiger partial charge >= 0.3 is 11.9 Å². The van der Waals surface area contributed by atoms with Crippen molar-refractivity contribution in [1.82, 2.24) is 0 Å². The van der Waals surface area contributed by atoms with E-state index in [9.17, 15) is 9.59 Å². The summed E-state index contributed by atoms with van der Waals surface area (Å²) in [5.41, 5.74) is 0.328. The summed E-state index contributed by atoms with van der Waals surface area (Å²) in [5.74, 6) is -2.04. The van der Waals surface area contributed by atoms with Crippen molar-refractivity contribution in [2.24, 2.45) is 0 Å². The largest absolute Gasteiger partial charge is 0.479 e. The lowest BCUT2D eigenvalue weighted by Gasteiger charge is -2.13. The van der Waals surface area contributed by atoms with Gasteiger partial charge in [0, 0.05) is 11.6 Å². The maximum atomic E-state index is 10.7. The Bertz CT molecular complexity index is 495. The van der Waals surface area contributed by atoms with Crippen molar-refractivity contribution in [2.45, 2.75) is 13.0 Å². The number of hydrogen-bond acceptors (Lipinski definition) is 3. The summed E-state index contributed by atoms with van der Waals surface area (Å²) in [6.07, 6.45) is 1.11. The van der Waals surface area contributed by atoms with Crippen LogP contribution in [0.3, 0.4) is 0 Å². The van der Waals surface area contributed by atoms with E-state index in [0.717, 1.165) is 6.08 Å². The highest BCUT2D eigenvalue weighted by Crippen LogP contribution is 2.28. The van der Waals surface area contributed by atoms with Gasteiger partial charge in [-0.15, -0.1) is 0 Å². The molecule has 0 saturated heterocycles. The lowest BCUT2D eigenvalue weighted by Crippen LogP contribution is -2.23. The Morgan fingerprint density at radius 3 is 2.61 bits per heavy atom. The highest BCUT2D eigenvalue weighted by atomic mass is 35.5. The molecule has 0 spiro atoms. The molecule has 0 bridgehead atoms. The van der Waals surface area contributed by atoms with Crippen LogP contribution in [0.5, 0.6) is 5.75 Å². The fourth-order valence-corrected chi connectivity index (χ4v) is 1.41. The molecule has 1 aromatic carbocycles. The van der Waals surface area contributed by atoms with Gasteiger partial charge in [0.1, 0.15) is 5.75 Å². The number of rotatable bonds is 5. The summed E-state index contributed by atoms with van der Waals surface area (Å²) < 4.78 is 5.19. The third-order valence-corrected chi connectivity index (χ3v) is 2.39. The van der Waals surface area contributed by atoms with Crippen molar-refractivity contribution in [3.05, 3.63) is 34.9 Å². The lowest BCUT2D eigenvalue weighted by molar-refractivity contribution is -0.144. The second kappa shape index (κ2) is 6.07. The average Bonchev–Trinajstić information content (AvgIpc) is 2.27. The molecule has 0 aliphatic carbocycles. The van der Waals surface area contributed by atoms with Crippen LogP contribution in [0, 0.1) is 0 Å². The summed E-state index contributed by atoms with van der Waals surface area (Å²) in [6.45, 7) is 1.37. The zero-order valence-corrected chi connectivity index (χ0v) is 10.2. The van der Waals surface area contributed by atoms with Crippen molar-refractivity contribution in [3.63, 3.8) is 0 Å². The minimum atomic E-state index is -1.13. The molecule has 0 radical (unpaired) electrons. The number of hydrogen-bond donors (Lipinski definition) is 2. The van der Waals surface area contributed by atoms with Gasteiger partial charge in [0.15, 0.2) is 6.10 Å². The molecule has 18 heavy (non-hydrogen) atoms. The van der Waals surface area contributed by atoms with Crippen LogP contribution in [0.4, 0.5) is 0 Å². The molecule has 0 amide bonds. The van der Waals surface area contributed by atoms with Crippen LogP contribution in [-0.2, 0) is 9.59 Å². The molecule has 1 unspecified atom stereocenters. The van der Waals surface area contributed by atoms with Gasteiger partial charge < -0.3 is 14.9 Å². The minimum Gasteiger partial charge on any atom is -0.479 e. The molecule has 96 valence electrons. The number of carboxylic acids is 2. The van der Waals surface area contributed by atoms with Gasteiger partial charge in [0.25, 0.3) is 0 Å². The van der Waals surface area contributed by atoms with Gasteiger partial charge in [-0.1, -0.05) is 17.7 Å². The maximum Gasteiger partial charge on any atom is 0.344 e. The number of carboxylic acid groups (broad SMARTS) is 2. The summed E-state index contributed by atoms with van der Waals surface area (Å²) in [6, 6.07) is 4.67. The standard InChI is InChI=1S/C12H11ClO5/c1-7(12(16)17)18-10-4-2-3-9(13)8(10)5-6-11(14)15/h2-7H,1H3,(H,14,15)(H,16,17)/b6-5+. The van der Waals surface area contributed by atoms with E-state index in [0.29, 0.717) is 5.56 Å². The Morgan fingerprint density at radius 1 is 1.39 bits per heavy atom. The number of aliphatic carboxylic acids is 2. The number of benzene rings is 1. The van der Waals surface area contributed by atoms with Crippen LogP contribution >= 0.6 is 11.6 Å². The predicted molar refractivity (Wildman–Crippen MR) is 65.8 cm³/mol. The van der Waals surface area contributed by atoms with E-state index >= 15 is 0 Å². The van der Waals surface area contributed by atoms with Crippen molar-refractivity contribution < 1.29 is 24.5 Å². The van der Waals surface area contributed by atoms with Gasteiger partial charge in [0.05, 0.1) is 5.02 Å². The SMILES string of the molecule is CC(Oc1cccc(Cl)c1/C=C/C(=O)O)C(=O)O. The Labute approximate surface area is 108 Å². The molecule has 1 atom stereocenters. The van der Waals surface area contributed by atoms with Gasteiger partial charge in [-0.3, -0.25) is 0 Å². The first kappa shape index (κ1) is 14.1. The summed E-state index contributed by atoms with van der Waals surface area (Å²) in [7, 11) is 0. The van der Waals surface area contributed by atoms with E-state index in [1.54, 1.807) is 12.1 Å². The molecule has 0 aromatic heterocycles. The number of halogens is 1. The number of ether oxygens (including phenoxy) is 1. The second-order valence-corrected chi connectivity index (χ2v) is 3.83. The first-order chi connectivity index (χ1) is 8.41. The van der Waals surface area contributed by atoms with Crippen molar-refractivity contribution in [3.8, 4) is 5.75 Å². The summed E-state index contributed by atoms with van der Waals surface area (Å²) >= 11 is 5.90. The monoisotopic (exact) mass is 270 g/mol. The first-order valence-corrected chi connectivity index (χ1v) is 5.38. The van der Waals surface area contributed by atoms with E-state index in [1.807, 2.05) is 0 Å². The third kappa shape index (κ3) is 3.78. The predicted octanol–water partition coefficient (Wildman–Crippen LogP) is 2.29. The van der Waals surface area contributed by atoms with Crippen molar-refractivity contribution in [1.29, 1.82) is 0 Å². The van der Waals surface area contributed by atoms with Gasteiger partial charge in [-0.2, -0.15) is 0 Å². The molecule has 0 aliphatic rings. The Kier molecular flexibility index (Phi) is 4.74. The molecule has 0 heterocycles. The van der Waals surface area contributed by atoms with Gasteiger partial charge in [0.2, 0.25) is 0 Å². The van der Waals surface area contributed by atoms with Crippen LogP contribution in [0.2, 0.25) is 5.02 Å². The van der Waals surface area contributed by atoms with E-state index in [-0.39, 0.29) is 10.8 Å². The van der Waals surface area contributed by atoms with E-state index in [4.69, 9.17) is 26.6 Å². The molecular weight excluding hydrogens is 260 g/mol. The Hall–Kier alpha value is -2.01. The molecule has 0 fully saturated rings. The van der Waals surface area contributed by atoms with Crippen molar-refractivity contribution in [2.75, 3.05) is 0 Å².